The number of nitrogens with two attached hydrogens (primary N) is 1. The topological polar surface area (TPSA) is 68.5 Å². The van der Waals surface area contributed by atoms with Crippen LogP contribution in [0.2, 0.25) is 0 Å². The van der Waals surface area contributed by atoms with E-state index in [1.54, 1.807) is 6.07 Å². The number of methoxy groups -OCH3 is 1. The van der Waals surface area contributed by atoms with Gasteiger partial charge in [0.2, 0.25) is 0 Å². The molecule has 2 aromatic rings. The number of esters is 1. The Kier molecular flexibility index (Phi) is 4.80. The summed E-state index contributed by atoms with van der Waals surface area (Å²) >= 11 is 3.45. The molecule has 2 N–H and O–H groups in total. The summed E-state index contributed by atoms with van der Waals surface area (Å²) in [5.74, 6) is 0.191. The molecular weight excluding hydrogens is 334 g/mol. The Bertz CT molecular complexity index is 661. The van der Waals surface area contributed by atoms with Crippen LogP contribution in [0.15, 0.2) is 41.0 Å². The second-order valence-corrected chi connectivity index (χ2v) is 5.52. The minimum absolute atomic E-state index is 0.307. The lowest BCUT2D eigenvalue weighted by molar-refractivity contribution is 0.0602. The Morgan fingerprint density at radius 2 is 2.19 bits per heavy atom. The van der Waals surface area contributed by atoms with Crippen LogP contribution in [0.4, 0.5) is 11.5 Å². The van der Waals surface area contributed by atoms with Crippen LogP contribution in [0.3, 0.4) is 0 Å². The molecule has 21 heavy (non-hydrogen) atoms. The van der Waals surface area contributed by atoms with Crippen molar-refractivity contribution in [3.05, 3.63) is 52.1 Å². The molecule has 0 unspecified atom stereocenters. The SMILES string of the molecule is COC(=O)c1cc(N(C)Cc2cccc(Br)c2)ncc1N. The number of benzene rings is 1. The normalized spacial score (nSPS) is 10.2. The van der Waals surface area contributed by atoms with E-state index in [2.05, 4.69) is 20.9 Å². The molecule has 0 aliphatic heterocycles. The minimum Gasteiger partial charge on any atom is -0.465 e. The van der Waals surface area contributed by atoms with E-state index in [1.165, 1.54) is 13.3 Å². The van der Waals surface area contributed by atoms with Gasteiger partial charge in [-0.05, 0) is 23.8 Å². The van der Waals surface area contributed by atoms with Crippen LogP contribution in [0.25, 0.3) is 0 Å². The second kappa shape index (κ2) is 6.58. The smallest absolute Gasteiger partial charge is 0.340 e. The second-order valence-electron chi connectivity index (χ2n) is 4.61. The van der Waals surface area contributed by atoms with Crippen LogP contribution < -0.4 is 10.6 Å². The fourth-order valence-electron chi connectivity index (χ4n) is 1.94. The zero-order chi connectivity index (χ0) is 15.4. The number of rotatable bonds is 4. The van der Waals surface area contributed by atoms with Crippen LogP contribution in [0.1, 0.15) is 15.9 Å². The van der Waals surface area contributed by atoms with E-state index in [1.807, 2.05) is 36.2 Å². The lowest BCUT2D eigenvalue weighted by Crippen LogP contribution is -2.19. The van der Waals surface area contributed by atoms with E-state index in [0.717, 1.165) is 10.0 Å². The Balaban J connectivity index is 2.23. The zero-order valence-corrected chi connectivity index (χ0v) is 13.4. The van der Waals surface area contributed by atoms with E-state index in [0.29, 0.717) is 23.6 Å². The molecule has 0 amide bonds. The molecule has 0 saturated heterocycles. The van der Waals surface area contributed by atoms with Gasteiger partial charge in [0.15, 0.2) is 0 Å². The van der Waals surface area contributed by atoms with Crippen molar-refractivity contribution in [2.75, 3.05) is 24.8 Å². The Morgan fingerprint density at radius 3 is 2.86 bits per heavy atom. The molecule has 110 valence electrons. The van der Waals surface area contributed by atoms with Crippen LogP contribution in [-0.2, 0) is 11.3 Å². The number of pyridine rings is 1. The first-order chi connectivity index (χ1) is 10.0. The largest absolute Gasteiger partial charge is 0.465 e. The van der Waals surface area contributed by atoms with Crippen LogP contribution in [0, 0.1) is 0 Å². The third-order valence-corrected chi connectivity index (χ3v) is 3.52. The summed E-state index contributed by atoms with van der Waals surface area (Å²) in [4.78, 5) is 17.9. The van der Waals surface area contributed by atoms with Crippen molar-refractivity contribution >= 4 is 33.4 Å². The number of halogens is 1. The molecule has 1 heterocycles. The van der Waals surface area contributed by atoms with Crippen LogP contribution in [-0.4, -0.2) is 25.1 Å². The number of carbonyl (C=O) groups is 1. The predicted molar refractivity (Wildman–Crippen MR) is 86.2 cm³/mol. The molecule has 5 nitrogen and oxygen atoms in total. The molecule has 0 aliphatic rings. The number of nitrogens with zero attached hydrogens (tertiary/aromatic N) is 2. The first-order valence-corrected chi connectivity index (χ1v) is 7.10. The molecular formula is C15H16BrN3O2. The molecule has 0 aliphatic carbocycles. The van der Waals surface area contributed by atoms with Gasteiger partial charge >= 0.3 is 5.97 Å². The van der Waals surface area contributed by atoms with Crippen LogP contribution in [0.5, 0.6) is 0 Å². The lowest BCUT2D eigenvalue weighted by atomic mass is 10.2. The maximum absolute atomic E-state index is 11.7. The van der Waals surface area contributed by atoms with E-state index in [9.17, 15) is 4.79 Å². The Hall–Kier alpha value is -2.08. The third-order valence-electron chi connectivity index (χ3n) is 3.03. The Labute approximate surface area is 131 Å². The van der Waals surface area contributed by atoms with Crippen LogP contribution >= 0.6 is 15.9 Å². The number of hydrogen-bond acceptors (Lipinski definition) is 5. The summed E-state index contributed by atoms with van der Waals surface area (Å²) in [6, 6.07) is 9.65. The summed E-state index contributed by atoms with van der Waals surface area (Å²) in [7, 11) is 3.23. The van der Waals surface area contributed by atoms with Gasteiger partial charge in [0.25, 0.3) is 0 Å². The van der Waals surface area contributed by atoms with E-state index in [4.69, 9.17) is 10.5 Å². The Morgan fingerprint density at radius 1 is 1.43 bits per heavy atom. The fourth-order valence-corrected chi connectivity index (χ4v) is 2.39. The lowest BCUT2D eigenvalue weighted by Gasteiger charge is -2.19. The first kappa shape index (κ1) is 15.3. The van der Waals surface area contributed by atoms with E-state index < -0.39 is 5.97 Å². The van der Waals surface area contributed by atoms with Gasteiger partial charge < -0.3 is 15.4 Å². The predicted octanol–water partition coefficient (Wildman–Crippen LogP) is 2.85. The number of ether oxygens (including phenoxy) is 1. The molecule has 0 radical (unpaired) electrons. The average molecular weight is 350 g/mol. The highest BCUT2D eigenvalue weighted by atomic mass is 79.9. The highest BCUT2D eigenvalue weighted by Crippen LogP contribution is 2.20. The van der Waals surface area contributed by atoms with Gasteiger partial charge in [-0.15, -0.1) is 0 Å². The minimum atomic E-state index is -0.466. The average Bonchev–Trinajstić information content (AvgIpc) is 2.47. The summed E-state index contributed by atoms with van der Waals surface area (Å²) in [5, 5.41) is 0. The molecule has 0 spiro atoms. The van der Waals surface area contributed by atoms with Crippen molar-refractivity contribution < 1.29 is 9.53 Å². The molecule has 0 atom stereocenters. The standard InChI is InChI=1S/C15H16BrN3O2/c1-19(9-10-4-3-5-11(16)6-10)14-7-12(15(20)21-2)13(17)8-18-14/h3-8H,9,17H2,1-2H3. The van der Waals surface area contributed by atoms with E-state index in [-0.39, 0.29) is 0 Å². The number of hydrogen-bond donors (Lipinski definition) is 1. The first-order valence-electron chi connectivity index (χ1n) is 6.30. The molecule has 0 saturated carbocycles. The maximum atomic E-state index is 11.7. The van der Waals surface area contributed by atoms with Gasteiger partial charge in [0, 0.05) is 18.1 Å². The number of carbonyl (C=O) groups excluding carboxylic acids is 1. The van der Waals surface area contributed by atoms with Crippen molar-refractivity contribution in [2.24, 2.45) is 0 Å². The highest BCUT2D eigenvalue weighted by molar-refractivity contribution is 9.10. The van der Waals surface area contributed by atoms with Crippen molar-refractivity contribution in [1.82, 2.24) is 4.98 Å². The molecule has 0 bridgehead atoms. The molecule has 1 aromatic heterocycles. The van der Waals surface area contributed by atoms with Gasteiger partial charge in [-0.1, -0.05) is 28.1 Å². The maximum Gasteiger partial charge on any atom is 0.340 e. The summed E-state index contributed by atoms with van der Waals surface area (Å²) < 4.78 is 5.74. The van der Waals surface area contributed by atoms with Crippen molar-refractivity contribution in [3.63, 3.8) is 0 Å². The molecule has 0 fully saturated rings. The van der Waals surface area contributed by atoms with E-state index >= 15 is 0 Å². The molecule has 1 aromatic carbocycles. The van der Waals surface area contributed by atoms with Gasteiger partial charge in [-0.25, -0.2) is 9.78 Å². The van der Waals surface area contributed by atoms with Crippen molar-refractivity contribution in [2.45, 2.75) is 6.54 Å². The number of nitrogen functional groups attached to an aromatic ring is 1. The summed E-state index contributed by atoms with van der Waals surface area (Å²) in [6.45, 7) is 0.664. The quantitative estimate of drug-likeness (QED) is 0.859. The zero-order valence-electron chi connectivity index (χ0n) is 11.8. The van der Waals surface area contributed by atoms with Gasteiger partial charge in [-0.2, -0.15) is 0 Å². The summed E-state index contributed by atoms with van der Waals surface area (Å²) in [6.07, 6.45) is 1.47. The van der Waals surface area contributed by atoms with Crippen molar-refractivity contribution in [1.29, 1.82) is 0 Å². The number of aromatic nitrogens is 1. The van der Waals surface area contributed by atoms with Gasteiger partial charge in [0.1, 0.15) is 5.82 Å². The number of anilines is 2. The molecule has 6 heteroatoms. The highest BCUT2D eigenvalue weighted by Gasteiger charge is 2.13. The monoisotopic (exact) mass is 349 g/mol. The van der Waals surface area contributed by atoms with Crippen molar-refractivity contribution in [3.8, 4) is 0 Å². The fraction of sp³-hybridized carbons (Fsp3) is 0.200. The van der Waals surface area contributed by atoms with Gasteiger partial charge in [-0.3, -0.25) is 0 Å². The molecule has 2 rings (SSSR count). The summed E-state index contributed by atoms with van der Waals surface area (Å²) in [5.41, 5.74) is 7.51. The third kappa shape index (κ3) is 3.72. The van der Waals surface area contributed by atoms with Gasteiger partial charge in [0.05, 0.1) is 24.6 Å².